The molecule has 0 N–H and O–H groups in total. The Morgan fingerprint density at radius 1 is 0.952 bits per heavy atom. The summed E-state index contributed by atoms with van der Waals surface area (Å²) in [5.74, 6) is -2.94. The summed E-state index contributed by atoms with van der Waals surface area (Å²) in [6.45, 7) is 0. The number of ether oxygens (including phenoxy) is 1. The highest BCUT2D eigenvalue weighted by Crippen LogP contribution is 2.39. The Balaban J connectivity index is 2.44. The molecule has 0 saturated carbocycles. The van der Waals surface area contributed by atoms with E-state index in [1.807, 2.05) is 0 Å². The Labute approximate surface area is 125 Å². The molecule has 112 valence electrons. The van der Waals surface area contributed by atoms with Crippen LogP contribution in [-0.2, 0) is 11.5 Å². The fraction of sp³-hybridized carbons (Fsp3) is 0.143. The first-order chi connectivity index (χ1) is 9.81. The molecule has 2 rings (SSSR count). The van der Waals surface area contributed by atoms with Crippen LogP contribution in [0.2, 0.25) is 0 Å². The molecular formula is C14H8BrF5O. The summed E-state index contributed by atoms with van der Waals surface area (Å²) in [6, 6.07) is 5.80. The van der Waals surface area contributed by atoms with Crippen molar-refractivity contribution >= 4 is 15.9 Å². The van der Waals surface area contributed by atoms with E-state index in [-0.39, 0.29) is 5.33 Å². The molecule has 0 saturated heterocycles. The molecule has 0 atom stereocenters. The summed E-state index contributed by atoms with van der Waals surface area (Å²) in [5.41, 5.74) is -0.627. The van der Waals surface area contributed by atoms with E-state index in [2.05, 4.69) is 15.9 Å². The van der Waals surface area contributed by atoms with E-state index in [1.54, 1.807) is 0 Å². The number of benzene rings is 2. The zero-order chi connectivity index (χ0) is 15.6. The minimum Gasteiger partial charge on any atom is -0.454 e. The van der Waals surface area contributed by atoms with E-state index in [9.17, 15) is 22.0 Å². The molecule has 0 fully saturated rings. The lowest BCUT2D eigenvalue weighted by atomic mass is 10.1. The minimum absolute atomic E-state index is 0.237. The van der Waals surface area contributed by atoms with Crippen molar-refractivity contribution in [2.75, 3.05) is 0 Å². The molecule has 2 aromatic rings. The molecule has 1 nitrogen and oxygen atoms in total. The second-order valence-corrected chi connectivity index (χ2v) is 4.70. The van der Waals surface area contributed by atoms with E-state index in [0.717, 1.165) is 24.3 Å². The van der Waals surface area contributed by atoms with Crippen LogP contribution in [-0.4, -0.2) is 0 Å². The highest BCUT2D eigenvalue weighted by molar-refractivity contribution is 9.08. The summed E-state index contributed by atoms with van der Waals surface area (Å²) in [7, 11) is 0. The number of alkyl halides is 4. The van der Waals surface area contributed by atoms with Crippen LogP contribution in [0.4, 0.5) is 22.0 Å². The lowest BCUT2D eigenvalue weighted by Gasteiger charge is -2.15. The van der Waals surface area contributed by atoms with Gasteiger partial charge in [0.1, 0.15) is 11.6 Å². The van der Waals surface area contributed by atoms with Crippen molar-refractivity contribution in [2.24, 2.45) is 0 Å². The highest BCUT2D eigenvalue weighted by atomic mass is 79.9. The average molecular weight is 367 g/mol. The molecule has 0 spiro atoms. The first-order valence-electron chi connectivity index (χ1n) is 5.70. The smallest absolute Gasteiger partial charge is 0.419 e. The van der Waals surface area contributed by atoms with Crippen LogP contribution in [0, 0.1) is 11.6 Å². The second kappa shape index (κ2) is 6.01. The SMILES string of the molecule is Fc1ccc(Oc2ccc(CBr)cc2C(F)(F)F)c(F)c1. The van der Waals surface area contributed by atoms with Crippen molar-refractivity contribution in [2.45, 2.75) is 11.5 Å². The van der Waals surface area contributed by atoms with Gasteiger partial charge in [0.25, 0.3) is 0 Å². The van der Waals surface area contributed by atoms with Crippen molar-refractivity contribution in [1.29, 1.82) is 0 Å². The monoisotopic (exact) mass is 366 g/mol. The molecule has 0 radical (unpaired) electrons. The molecule has 0 unspecified atom stereocenters. The fourth-order valence-corrected chi connectivity index (χ4v) is 2.00. The zero-order valence-corrected chi connectivity index (χ0v) is 11.9. The Bertz CT molecular complexity index is 654. The summed E-state index contributed by atoms with van der Waals surface area (Å²) >= 11 is 3.06. The van der Waals surface area contributed by atoms with Crippen molar-refractivity contribution < 1.29 is 26.7 Å². The van der Waals surface area contributed by atoms with Crippen molar-refractivity contribution in [3.63, 3.8) is 0 Å². The van der Waals surface area contributed by atoms with Crippen LogP contribution in [0.5, 0.6) is 11.5 Å². The van der Waals surface area contributed by atoms with Crippen LogP contribution in [0.15, 0.2) is 36.4 Å². The summed E-state index contributed by atoms with van der Waals surface area (Å²) < 4.78 is 70.1. The molecule has 0 aliphatic heterocycles. The van der Waals surface area contributed by atoms with Gasteiger partial charge in [-0.25, -0.2) is 8.78 Å². The first kappa shape index (κ1) is 15.8. The fourth-order valence-electron chi connectivity index (χ4n) is 1.65. The molecular weight excluding hydrogens is 359 g/mol. The highest BCUT2D eigenvalue weighted by Gasteiger charge is 2.35. The van der Waals surface area contributed by atoms with Crippen molar-refractivity contribution in [3.8, 4) is 11.5 Å². The van der Waals surface area contributed by atoms with E-state index >= 15 is 0 Å². The van der Waals surface area contributed by atoms with E-state index in [1.165, 1.54) is 6.07 Å². The number of halogens is 6. The van der Waals surface area contributed by atoms with Gasteiger partial charge in [-0.15, -0.1) is 0 Å². The third kappa shape index (κ3) is 3.72. The zero-order valence-electron chi connectivity index (χ0n) is 10.3. The predicted octanol–water partition coefficient (Wildman–Crippen LogP) is 5.67. The van der Waals surface area contributed by atoms with E-state index in [4.69, 9.17) is 4.74 Å². The number of rotatable bonds is 3. The Morgan fingerprint density at radius 2 is 1.62 bits per heavy atom. The molecule has 21 heavy (non-hydrogen) atoms. The number of hydrogen-bond donors (Lipinski definition) is 0. The van der Waals surface area contributed by atoms with Crippen LogP contribution in [0.1, 0.15) is 11.1 Å². The lowest BCUT2D eigenvalue weighted by molar-refractivity contribution is -0.138. The predicted molar refractivity (Wildman–Crippen MR) is 70.5 cm³/mol. The molecule has 0 aliphatic rings. The van der Waals surface area contributed by atoms with Gasteiger partial charge in [-0.05, 0) is 29.8 Å². The van der Waals surface area contributed by atoms with Crippen LogP contribution in [0.25, 0.3) is 0 Å². The normalized spacial score (nSPS) is 11.5. The van der Waals surface area contributed by atoms with Gasteiger partial charge in [-0.1, -0.05) is 22.0 Å². The summed E-state index contributed by atoms with van der Waals surface area (Å²) in [6.07, 6.45) is -4.65. The molecule has 0 amide bonds. The summed E-state index contributed by atoms with van der Waals surface area (Å²) in [5, 5.41) is 0.237. The Morgan fingerprint density at radius 3 is 2.19 bits per heavy atom. The average Bonchev–Trinajstić information content (AvgIpc) is 2.41. The maximum Gasteiger partial charge on any atom is 0.419 e. The van der Waals surface area contributed by atoms with E-state index < -0.39 is 34.9 Å². The largest absolute Gasteiger partial charge is 0.454 e. The molecule has 7 heteroatoms. The Kier molecular flexibility index (Phi) is 4.51. The molecule has 0 aliphatic carbocycles. The van der Waals surface area contributed by atoms with Gasteiger partial charge in [0, 0.05) is 11.4 Å². The maximum atomic E-state index is 13.5. The third-order valence-electron chi connectivity index (χ3n) is 2.62. The second-order valence-electron chi connectivity index (χ2n) is 4.14. The van der Waals surface area contributed by atoms with Crippen LogP contribution < -0.4 is 4.74 Å². The van der Waals surface area contributed by atoms with E-state index in [0.29, 0.717) is 11.6 Å². The van der Waals surface area contributed by atoms with Gasteiger partial charge >= 0.3 is 6.18 Å². The van der Waals surface area contributed by atoms with Gasteiger partial charge in [0.2, 0.25) is 0 Å². The van der Waals surface area contributed by atoms with Gasteiger partial charge in [-0.2, -0.15) is 13.2 Å². The standard InChI is InChI=1S/C14H8BrF5O/c15-7-8-1-3-12(10(5-8)14(18,19)20)21-13-4-2-9(16)6-11(13)17/h1-6H,7H2. The number of hydrogen-bond acceptors (Lipinski definition) is 1. The summed E-state index contributed by atoms with van der Waals surface area (Å²) in [4.78, 5) is 0. The molecule has 0 heterocycles. The maximum absolute atomic E-state index is 13.5. The topological polar surface area (TPSA) is 9.23 Å². The van der Waals surface area contributed by atoms with Gasteiger partial charge in [0.05, 0.1) is 5.56 Å². The lowest BCUT2D eigenvalue weighted by Crippen LogP contribution is -2.08. The van der Waals surface area contributed by atoms with Crippen molar-refractivity contribution in [1.82, 2.24) is 0 Å². The quantitative estimate of drug-likeness (QED) is 0.502. The molecule has 2 aromatic carbocycles. The third-order valence-corrected chi connectivity index (χ3v) is 3.27. The molecule has 0 bridgehead atoms. The van der Waals surface area contributed by atoms with Gasteiger partial charge in [0.15, 0.2) is 11.6 Å². The van der Waals surface area contributed by atoms with Crippen LogP contribution in [0.3, 0.4) is 0 Å². The molecule has 0 aromatic heterocycles. The van der Waals surface area contributed by atoms with Crippen molar-refractivity contribution in [3.05, 3.63) is 59.2 Å². The minimum atomic E-state index is -4.65. The Hall–Kier alpha value is -1.63. The van der Waals surface area contributed by atoms with Gasteiger partial charge in [-0.3, -0.25) is 0 Å². The first-order valence-corrected chi connectivity index (χ1v) is 6.82. The van der Waals surface area contributed by atoms with Gasteiger partial charge < -0.3 is 4.74 Å². The van der Waals surface area contributed by atoms with Crippen LogP contribution >= 0.6 is 15.9 Å².